The lowest BCUT2D eigenvalue weighted by Crippen LogP contribution is -2.49. The molecule has 1 aromatic heterocycles. The van der Waals surface area contributed by atoms with Gasteiger partial charge in [-0.3, -0.25) is 9.36 Å². The van der Waals surface area contributed by atoms with Crippen molar-refractivity contribution in [2.24, 2.45) is 0 Å². The number of rotatable bonds is 7. The Bertz CT molecular complexity index is 1270. The van der Waals surface area contributed by atoms with Gasteiger partial charge in [-0.05, 0) is 42.3 Å². The van der Waals surface area contributed by atoms with E-state index in [1.807, 2.05) is 53.4 Å². The molecule has 0 spiro atoms. The Labute approximate surface area is 210 Å². The highest BCUT2D eigenvalue weighted by Crippen LogP contribution is 2.24. The van der Waals surface area contributed by atoms with Gasteiger partial charge in [0.1, 0.15) is 5.82 Å². The number of nitrogens with zero attached hydrogens (tertiary/aromatic N) is 5. The summed E-state index contributed by atoms with van der Waals surface area (Å²) >= 11 is 1.46. The second-order valence-corrected chi connectivity index (χ2v) is 9.67. The number of piperazine rings is 1. The first-order valence-electron chi connectivity index (χ1n) is 11.9. The maximum Gasteiger partial charge on any atom is 0.233 e. The predicted octanol–water partition coefficient (Wildman–Crippen LogP) is 4.61. The van der Waals surface area contributed by atoms with Gasteiger partial charge in [0.25, 0.3) is 0 Å². The van der Waals surface area contributed by atoms with Crippen molar-refractivity contribution in [3.8, 4) is 5.69 Å². The Kier molecular flexibility index (Phi) is 7.14. The molecule has 0 aliphatic carbocycles. The summed E-state index contributed by atoms with van der Waals surface area (Å²) in [6.45, 7) is 5.28. The number of para-hydroxylation sites is 1. The average Bonchev–Trinajstić information content (AvgIpc) is 3.30. The first kappa shape index (κ1) is 23.2. The van der Waals surface area contributed by atoms with Gasteiger partial charge < -0.3 is 9.80 Å². The van der Waals surface area contributed by atoms with E-state index in [-0.39, 0.29) is 5.91 Å². The van der Waals surface area contributed by atoms with Crippen molar-refractivity contribution in [1.29, 1.82) is 0 Å². The Balaban J connectivity index is 1.25. The molecule has 6 nitrogen and oxygen atoms in total. The summed E-state index contributed by atoms with van der Waals surface area (Å²) in [4.78, 5) is 17.4. The molecule has 35 heavy (non-hydrogen) atoms. The number of benzene rings is 3. The molecule has 5 rings (SSSR count). The van der Waals surface area contributed by atoms with Gasteiger partial charge >= 0.3 is 0 Å². The van der Waals surface area contributed by atoms with Crippen LogP contribution in [-0.2, 0) is 11.2 Å². The van der Waals surface area contributed by atoms with Gasteiger partial charge in [-0.2, -0.15) is 0 Å². The molecule has 1 saturated heterocycles. The Hall–Kier alpha value is -3.58. The maximum absolute atomic E-state index is 13.0. The summed E-state index contributed by atoms with van der Waals surface area (Å²) in [5.74, 6) is 1.36. The molecule has 7 heteroatoms. The van der Waals surface area contributed by atoms with E-state index in [9.17, 15) is 4.79 Å². The maximum atomic E-state index is 13.0. The van der Waals surface area contributed by atoms with E-state index in [1.165, 1.54) is 28.6 Å². The number of thioether (sulfide) groups is 1. The molecular formula is C28H29N5OS. The van der Waals surface area contributed by atoms with E-state index in [1.54, 1.807) is 0 Å². The van der Waals surface area contributed by atoms with Crippen LogP contribution < -0.4 is 4.90 Å². The molecule has 0 saturated carbocycles. The van der Waals surface area contributed by atoms with E-state index in [2.05, 4.69) is 63.0 Å². The number of carbonyl (C=O) groups excluding carboxylic acids is 1. The zero-order valence-electron chi connectivity index (χ0n) is 19.9. The second-order valence-electron chi connectivity index (χ2n) is 8.73. The standard InChI is InChI=1S/C28H29N5OS/c1-22-9-8-14-25(19-22)31-15-17-32(18-16-31)27(34)21-35-28-30-29-26(20-23-10-4-2-5-11-23)33(28)24-12-6-3-7-13-24/h2-14,19H,15-18,20-21H2,1H3. The summed E-state index contributed by atoms with van der Waals surface area (Å²) in [5.41, 5.74) is 4.67. The molecule has 2 heterocycles. The summed E-state index contributed by atoms with van der Waals surface area (Å²) in [7, 11) is 0. The van der Waals surface area contributed by atoms with Crippen molar-refractivity contribution in [3.05, 3.63) is 102 Å². The Morgan fingerprint density at radius 3 is 2.23 bits per heavy atom. The minimum absolute atomic E-state index is 0.145. The molecule has 0 radical (unpaired) electrons. The van der Waals surface area contributed by atoms with Gasteiger partial charge in [-0.1, -0.05) is 72.4 Å². The third-order valence-electron chi connectivity index (χ3n) is 6.24. The van der Waals surface area contributed by atoms with Crippen molar-refractivity contribution in [3.63, 3.8) is 0 Å². The molecule has 1 aliphatic rings. The van der Waals surface area contributed by atoms with Gasteiger partial charge in [0, 0.05) is 44.0 Å². The van der Waals surface area contributed by atoms with Crippen molar-refractivity contribution < 1.29 is 4.79 Å². The normalized spacial score (nSPS) is 13.7. The molecule has 1 aliphatic heterocycles. The van der Waals surface area contributed by atoms with Gasteiger partial charge in [0.05, 0.1) is 5.75 Å². The summed E-state index contributed by atoms with van der Waals surface area (Å²) in [6.07, 6.45) is 0.679. The average molecular weight is 484 g/mol. The second kappa shape index (κ2) is 10.8. The van der Waals surface area contributed by atoms with Crippen LogP contribution in [0, 0.1) is 6.92 Å². The van der Waals surface area contributed by atoms with Gasteiger partial charge in [0.2, 0.25) is 5.91 Å². The van der Waals surface area contributed by atoms with Crippen molar-refractivity contribution in [1.82, 2.24) is 19.7 Å². The summed E-state index contributed by atoms with van der Waals surface area (Å²) in [5, 5.41) is 9.70. The summed E-state index contributed by atoms with van der Waals surface area (Å²) < 4.78 is 2.07. The van der Waals surface area contributed by atoms with Crippen LogP contribution in [0.2, 0.25) is 0 Å². The van der Waals surface area contributed by atoms with E-state index in [0.29, 0.717) is 12.2 Å². The van der Waals surface area contributed by atoms with E-state index >= 15 is 0 Å². The molecule has 0 unspecified atom stereocenters. The quantitative estimate of drug-likeness (QED) is 0.360. The van der Waals surface area contributed by atoms with E-state index in [4.69, 9.17) is 0 Å². The van der Waals surface area contributed by atoms with Crippen LogP contribution >= 0.6 is 11.8 Å². The zero-order valence-corrected chi connectivity index (χ0v) is 20.7. The number of aromatic nitrogens is 3. The van der Waals surface area contributed by atoms with Crippen molar-refractivity contribution in [2.75, 3.05) is 36.8 Å². The third kappa shape index (κ3) is 5.57. The minimum Gasteiger partial charge on any atom is -0.368 e. The fraction of sp³-hybridized carbons (Fsp3) is 0.250. The lowest BCUT2D eigenvalue weighted by molar-refractivity contribution is -0.128. The SMILES string of the molecule is Cc1cccc(N2CCN(C(=O)CSc3nnc(Cc4ccccc4)n3-c3ccccc3)CC2)c1. The molecular weight excluding hydrogens is 454 g/mol. The molecule has 0 N–H and O–H groups in total. The van der Waals surface area contributed by atoms with Crippen LogP contribution in [0.25, 0.3) is 5.69 Å². The van der Waals surface area contributed by atoms with Crippen LogP contribution in [0.15, 0.2) is 90.1 Å². The lowest BCUT2D eigenvalue weighted by Gasteiger charge is -2.36. The number of hydrogen-bond acceptors (Lipinski definition) is 5. The fourth-order valence-electron chi connectivity index (χ4n) is 4.38. The predicted molar refractivity (Wildman–Crippen MR) is 141 cm³/mol. The Morgan fingerprint density at radius 1 is 0.829 bits per heavy atom. The first-order valence-corrected chi connectivity index (χ1v) is 12.9. The molecule has 4 aromatic rings. The fourth-order valence-corrected chi connectivity index (χ4v) is 5.25. The summed E-state index contributed by atoms with van der Waals surface area (Å²) in [6, 6.07) is 28.9. The molecule has 1 amide bonds. The largest absolute Gasteiger partial charge is 0.368 e. The lowest BCUT2D eigenvalue weighted by atomic mass is 10.1. The van der Waals surface area contributed by atoms with Crippen LogP contribution in [0.5, 0.6) is 0 Å². The Morgan fingerprint density at radius 2 is 1.51 bits per heavy atom. The smallest absolute Gasteiger partial charge is 0.233 e. The molecule has 3 aromatic carbocycles. The molecule has 178 valence electrons. The third-order valence-corrected chi connectivity index (χ3v) is 7.16. The first-order chi connectivity index (χ1) is 17.2. The van der Waals surface area contributed by atoms with Crippen LogP contribution in [-0.4, -0.2) is 57.5 Å². The van der Waals surface area contributed by atoms with Crippen molar-refractivity contribution >= 4 is 23.4 Å². The van der Waals surface area contributed by atoms with Crippen LogP contribution in [0.1, 0.15) is 17.0 Å². The topological polar surface area (TPSA) is 54.3 Å². The molecule has 0 bridgehead atoms. The zero-order chi connectivity index (χ0) is 24.0. The van der Waals surface area contributed by atoms with E-state index < -0.39 is 0 Å². The minimum atomic E-state index is 0.145. The number of anilines is 1. The highest BCUT2D eigenvalue weighted by Gasteiger charge is 2.23. The highest BCUT2D eigenvalue weighted by atomic mass is 32.2. The molecule has 0 atom stereocenters. The van der Waals surface area contributed by atoms with Crippen LogP contribution in [0.3, 0.4) is 0 Å². The monoisotopic (exact) mass is 483 g/mol. The van der Waals surface area contributed by atoms with Gasteiger partial charge in [0.15, 0.2) is 5.16 Å². The van der Waals surface area contributed by atoms with Crippen LogP contribution in [0.4, 0.5) is 5.69 Å². The highest BCUT2D eigenvalue weighted by molar-refractivity contribution is 7.99. The number of carbonyl (C=O) groups is 1. The number of aryl methyl sites for hydroxylation is 1. The van der Waals surface area contributed by atoms with Crippen molar-refractivity contribution in [2.45, 2.75) is 18.5 Å². The van der Waals surface area contributed by atoms with Gasteiger partial charge in [-0.15, -0.1) is 10.2 Å². The molecule has 1 fully saturated rings. The number of amides is 1. The van der Waals surface area contributed by atoms with E-state index in [0.717, 1.165) is 42.8 Å². The van der Waals surface area contributed by atoms with Gasteiger partial charge in [-0.25, -0.2) is 0 Å². The number of hydrogen-bond donors (Lipinski definition) is 0.